The van der Waals surface area contributed by atoms with Crippen LogP contribution in [-0.2, 0) is 0 Å². The topological polar surface area (TPSA) is 66.2 Å². The molecule has 1 aromatic carbocycles. The first kappa shape index (κ1) is 10.6. The van der Waals surface area contributed by atoms with Gasteiger partial charge in [-0.2, -0.15) is 9.97 Å². The van der Waals surface area contributed by atoms with Gasteiger partial charge >= 0.3 is 0 Å². The van der Waals surface area contributed by atoms with E-state index in [1.807, 2.05) is 0 Å². The molecule has 0 radical (unpaired) electrons. The van der Waals surface area contributed by atoms with Gasteiger partial charge in [0.2, 0.25) is 11.8 Å². The highest BCUT2D eigenvalue weighted by Gasteiger charge is 2.08. The Hall–Kier alpha value is -1.88. The number of aromatic nitrogens is 2. The van der Waals surface area contributed by atoms with E-state index in [1.165, 1.54) is 12.1 Å². The maximum atomic E-state index is 13.2. The van der Waals surface area contributed by atoms with Crippen LogP contribution < -0.4 is 0 Å². The van der Waals surface area contributed by atoms with Gasteiger partial charge < -0.3 is 10.2 Å². The van der Waals surface area contributed by atoms with Crippen LogP contribution in [0.25, 0.3) is 11.4 Å². The Morgan fingerprint density at radius 2 is 1.69 bits per heavy atom. The van der Waals surface area contributed by atoms with Crippen LogP contribution in [0.4, 0.5) is 4.39 Å². The highest BCUT2D eigenvalue weighted by molar-refractivity contribution is 6.30. The van der Waals surface area contributed by atoms with Crippen LogP contribution in [0.15, 0.2) is 24.3 Å². The molecule has 2 rings (SSSR count). The van der Waals surface area contributed by atoms with Gasteiger partial charge in [-0.1, -0.05) is 11.6 Å². The number of halogens is 2. The van der Waals surface area contributed by atoms with Gasteiger partial charge in [-0.15, -0.1) is 0 Å². The molecule has 1 aromatic heterocycles. The van der Waals surface area contributed by atoms with Gasteiger partial charge in [0.15, 0.2) is 5.82 Å². The third-order valence-corrected chi connectivity index (χ3v) is 2.18. The number of aromatic hydroxyl groups is 2. The van der Waals surface area contributed by atoms with Gasteiger partial charge in [-0.25, -0.2) is 4.39 Å². The minimum Gasteiger partial charge on any atom is -0.493 e. The zero-order valence-electron chi connectivity index (χ0n) is 7.85. The average Bonchev–Trinajstić information content (AvgIpc) is 2.20. The first-order valence-electron chi connectivity index (χ1n) is 4.28. The van der Waals surface area contributed by atoms with Gasteiger partial charge in [0.05, 0.1) is 11.1 Å². The highest BCUT2D eigenvalue weighted by Crippen LogP contribution is 2.24. The van der Waals surface area contributed by atoms with Crippen LogP contribution in [0.1, 0.15) is 0 Å². The molecule has 0 unspecified atom stereocenters. The summed E-state index contributed by atoms with van der Waals surface area (Å²) in [6, 6.07) is 4.93. The molecule has 4 nitrogen and oxygen atoms in total. The highest BCUT2D eigenvalue weighted by atomic mass is 35.5. The molecular weight excluding hydrogens is 235 g/mol. The molecule has 0 atom stereocenters. The van der Waals surface area contributed by atoms with Crippen LogP contribution in [0, 0.1) is 5.82 Å². The van der Waals surface area contributed by atoms with Crippen molar-refractivity contribution < 1.29 is 14.6 Å². The fourth-order valence-electron chi connectivity index (χ4n) is 1.19. The molecule has 2 N–H and O–H groups in total. The van der Waals surface area contributed by atoms with Crippen molar-refractivity contribution in [1.82, 2.24) is 9.97 Å². The summed E-state index contributed by atoms with van der Waals surface area (Å²) in [6.07, 6.45) is 0. The largest absolute Gasteiger partial charge is 0.493 e. The molecule has 6 heteroatoms. The Kier molecular flexibility index (Phi) is 2.62. The smallest absolute Gasteiger partial charge is 0.218 e. The minimum atomic E-state index is -0.620. The van der Waals surface area contributed by atoms with E-state index in [4.69, 9.17) is 21.8 Å². The van der Waals surface area contributed by atoms with Crippen molar-refractivity contribution in [2.75, 3.05) is 0 Å². The van der Waals surface area contributed by atoms with Gasteiger partial charge in [0, 0.05) is 5.56 Å². The molecule has 0 spiro atoms. The molecule has 0 fully saturated rings. The lowest BCUT2D eigenvalue weighted by molar-refractivity contribution is 0.423. The minimum absolute atomic E-state index is 0.0203. The first-order chi connectivity index (χ1) is 7.56. The molecule has 0 amide bonds. The summed E-state index contributed by atoms with van der Waals surface area (Å²) in [5, 5.41) is 18.3. The summed E-state index contributed by atoms with van der Waals surface area (Å²) in [4.78, 5) is 7.30. The molecule has 0 aliphatic rings. The summed E-state index contributed by atoms with van der Waals surface area (Å²) >= 11 is 5.52. The van der Waals surface area contributed by atoms with Crippen LogP contribution in [0.3, 0.4) is 0 Å². The zero-order valence-corrected chi connectivity index (χ0v) is 8.61. The maximum absolute atomic E-state index is 13.2. The summed E-state index contributed by atoms with van der Waals surface area (Å²) in [6.45, 7) is 0. The first-order valence-corrected chi connectivity index (χ1v) is 4.66. The second-order valence-corrected chi connectivity index (χ2v) is 3.44. The fourth-order valence-corrected chi connectivity index (χ4v) is 1.30. The molecule has 0 saturated heterocycles. The molecule has 1 heterocycles. The van der Waals surface area contributed by atoms with E-state index in [0.29, 0.717) is 5.56 Å². The molecule has 0 aliphatic heterocycles. The van der Waals surface area contributed by atoms with E-state index in [0.717, 1.165) is 12.1 Å². The van der Waals surface area contributed by atoms with Crippen molar-refractivity contribution in [3.05, 3.63) is 35.1 Å². The monoisotopic (exact) mass is 240 g/mol. The Labute approximate surface area is 95.0 Å². The number of nitrogens with zero attached hydrogens (tertiary/aromatic N) is 2. The molecular formula is C10H6ClFN2O2. The van der Waals surface area contributed by atoms with Crippen LogP contribution in [0.2, 0.25) is 5.02 Å². The molecule has 82 valence electrons. The molecule has 0 saturated carbocycles. The van der Waals surface area contributed by atoms with Gasteiger partial charge in [0.1, 0.15) is 5.82 Å². The summed E-state index contributed by atoms with van der Waals surface area (Å²) in [5.74, 6) is -1.38. The van der Waals surface area contributed by atoms with Crippen molar-refractivity contribution in [2.45, 2.75) is 0 Å². The lowest BCUT2D eigenvalue weighted by atomic mass is 10.2. The van der Waals surface area contributed by atoms with Gasteiger partial charge in [0.25, 0.3) is 0 Å². The van der Waals surface area contributed by atoms with E-state index in [-0.39, 0.29) is 10.8 Å². The maximum Gasteiger partial charge on any atom is 0.218 e. The Morgan fingerprint density at radius 3 is 2.25 bits per heavy atom. The predicted molar refractivity (Wildman–Crippen MR) is 55.8 cm³/mol. The lowest BCUT2D eigenvalue weighted by Crippen LogP contribution is -1.90. The predicted octanol–water partition coefficient (Wildman–Crippen LogP) is 2.35. The number of benzene rings is 1. The number of rotatable bonds is 1. The van der Waals surface area contributed by atoms with Crippen molar-refractivity contribution in [2.24, 2.45) is 0 Å². The van der Waals surface area contributed by atoms with Gasteiger partial charge in [-0.3, -0.25) is 0 Å². The second kappa shape index (κ2) is 3.94. The van der Waals surface area contributed by atoms with Crippen molar-refractivity contribution in [3.63, 3.8) is 0 Å². The van der Waals surface area contributed by atoms with Crippen molar-refractivity contribution >= 4 is 11.6 Å². The quantitative estimate of drug-likeness (QED) is 0.803. The van der Waals surface area contributed by atoms with Crippen molar-refractivity contribution in [1.29, 1.82) is 0 Å². The molecule has 0 bridgehead atoms. The normalized spacial score (nSPS) is 10.4. The Morgan fingerprint density at radius 1 is 1.06 bits per heavy atom. The third kappa shape index (κ3) is 2.04. The third-order valence-electron chi connectivity index (χ3n) is 1.88. The van der Waals surface area contributed by atoms with Crippen LogP contribution in [0.5, 0.6) is 11.8 Å². The number of hydrogen-bond donors (Lipinski definition) is 2. The van der Waals surface area contributed by atoms with E-state index >= 15 is 0 Å². The molecule has 16 heavy (non-hydrogen) atoms. The van der Waals surface area contributed by atoms with E-state index < -0.39 is 17.6 Å². The number of hydrogen-bond acceptors (Lipinski definition) is 4. The average molecular weight is 241 g/mol. The van der Waals surface area contributed by atoms with Crippen LogP contribution in [-0.4, -0.2) is 20.2 Å². The summed E-state index contributed by atoms with van der Waals surface area (Å²) in [5.41, 5.74) is 0.313. The molecule has 2 aromatic rings. The van der Waals surface area contributed by atoms with Crippen molar-refractivity contribution in [3.8, 4) is 23.1 Å². The summed E-state index contributed by atoms with van der Waals surface area (Å²) < 4.78 is 13.2. The lowest BCUT2D eigenvalue weighted by Gasteiger charge is -2.02. The molecule has 0 aliphatic carbocycles. The fraction of sp³-hybridized carbons (Fsp3) is 0. The van der Waals surface area contributed by atoms with E-state index in [1.54, 1.807) is 0 Å². The van der Waals surface area contributed by atoms with Gasteiger partial charge in [-0.05, 0) is 18.2 Å². The zero-order chi connectivity index (χ0) is 11.7. The second-order valence-electron chi connectivity index (χ2n) is 3.04. The SMILES string of the molecule is Oc1cc(O)nc(-c2ccc(Cl)c(F)c2)n1. The Balaban J connectivity index is 2.54. The van der Waals surface area contributed by atoms with E-state index in [9.17, 15) is 4.39 Å². The standard InChI is InChI=1S/C10H6ClFN2O2/c11-6-2-1-5(3-7(6)12)10-13-8(15)4-9(16)14-10/h1-4H,(H2,13,14,15,16). The summed E-state index contributed by atoms with van der Waals surface area (Å²) in [7, 11) is 0. The van der Waals surface area contributed by atoms with E-state index in [2.05, 4.69) is 9.97 Å². The van der Waals surface area contributed by atoms with Crippen LogP contribution >= 0.6 is 11.6 Å². The Bertz CT molecular complexity index is 528.